The predicted octanol–water partition coefficient (Wildman–Crippen LogP) is 3.71. The van der Waals surface area contributed by atoms with E-state index in [-0.39, 0.29) is 5.54 Å². The summed E-state index contributed by atoms with van der Waals surface area (Å²) in [6.45, 7) is 4.62. The Kier molecular flexibility index (Phi) is 3.86. The molecule has 1 unspecified atom stereocenters. The molecule has 1 aromatic carbocycles. The summed E-state index contributed by atoms with van der Waals surface area (Å²) in [6, 6.07) is 8.02. The SMILES string of the molecule is CC1(C)COC(C=O)N1c1nc(-c2ccc(Br)cc2)cs1. The number of anilines is 1. The standard InChI is InChI=1S/C15H15BrN2O2S/c1-15(2)9-20-13(7-19)18(15)14-17-12(8-21-14)10-3-5-11(16)6-4-10/h3-8,13H,9H2,1-2H3. The summed E-state index contributed by atoms with van der Waals surface area (Å²) >= 11 is 4.96. The molecule has 21 heavy (non-hydrogen) atoms. The summed E-state index contributed by atoms with van der Waals surface area (Å²) in [6.07, 6.45) is 0.277. The van der Waals surface area contributed by atoms with Crippen molar-refractivity contribution in [2.75, 3.05) is 11.5 Å². The number of aldehydes is 1. The van der Waals surface area contributed by atoms with Crippen LogP contribution in [0.2, 0.25) is 0 Å². The number of carbonyl (C=O) groups is 1. The zero-order chi connectivity index (χ0) is 15.0. The first kappa shape index (κ1) is 14.7. The van der Waals surface area contributed by atoms with E-state index in [1.165, 1.54) is 11.3 Å². The first-order chi connectivity index (χ1) is 10.0. The van der Waals surface area contributed by atoms with E-state index >= 15 is 0 Å². The highest BCUT2D eigenvalue weighted by atomic mass is 79.9. The van der Waals surface area contributed by atoms with Crippen molar-refractivity contribution in [1.82, 2.24) is 4.98 Å². The molecular weight excluding hydrogens is 352 g/mol. The van der Waals surface area contributed by atoms with E-state index in [1.807, 2.05) is 34.5 Å². The van der Waals surface area contributed by atoms with Crippen LogP contribution in [-0.4, -0.2) is 29.6 Å². The Morgan fingerprint density at radius 3 is 2.81 bits per heavy atom. The van der Waals surface area contributed by atoms with Crippen LogP contribution >= 0.6 is 27.3 Å². The lowest BCUT2D eigenvalue weighted by Gasteiger charge is -2.30. The molecule has 110 valence electrons. The van der Waals surface area contributed by atoms with Crippen LogP contribution in [0, 0.1) is 0 Å². The second kappa shape index (κ2) is 5.51. The van der Waals surface area contributed by atoms with E-state index in [0.29, 0.717) is 6.61 Å². The Bertz CT molecular complexity index is 654. The third-order valence-corrected chi connectivity index (χ3v) is 4.84. The van der Waals surface area contributed by atoms with E-state index in [0.717, 1.165) is 27.1 Å². The van der Waals surface area contributed by atoms with Crippen molar-refractivity contribution in [3.05, 3.63) is 34.1 Å². The van der Waals surface area contributed by atoms with Gasteiger partial charge in [0.25, 0.3) is 0 Å². The van der Waals surface area contributed by atoms with Gasteiger partial charge in [-0.05, 0) is 26.0 Å². The number of thiazole rings is 1. The summed E-state index contributed by atoms with van der Waals surface area (Å²) in [7, 11) is 0. The number of benzene rings is 1. The van der Waals surface area contributed by atoms with Gasteiger partial charge in [0.15, 0.2) is 17.6 Å². The molecule has 3 rings (SSSR count). The van der Waals surface area contributed by atoms with Gasteiger partial charge in [-0.15, -0.1) is 11.3 Å². The highest BCUT2D eigenvalue weighted by Crippen LogP contribution is 2.36. The van der Waals surface area contributed by atoms with Crippen molar-refractivity contribution < 1.29 is 9.53 Å². The lowest BCUT2D eigenvalue weighted by atomic mass is 10.1. The van der Waals surface area contributed by atoms with Gasteiger partial charge >= 0.3 is 0 Å². The minimum atomic E-state index is -0.552. The van der Waals surface area contributed by atoms with Gasteiger partial charge in [-0.3, -0.25) is 4.79 Å². The maximum atomic E-state index is 11.2. The molecule has 1 saturated heterocycles. The molecule has 0 bridgehead atoms. The minimum Gasteiger partial charge on any atom is -0.349 e. The smallest absolute Gasteiger partial charge is 0.189 e. The largest absolute Gasteiger partial charge is 0.349 e. The highest BCUT2D eigenvalue weighted by molar-refractivity contribution is 9.10. The molecule has 0 amide bonds. The molecule has 1 fully saturated rings. The summed E-state index contributed by atoms with van der Waals surface area (Å²) in [5.41, 5.74) is 1.73. The Labute approximate surface area is 135 Å². The van der Waals surface area contributed by atoms with Crippen LogP contribution in [-0.2, 0) is 9.53 Å². The monoisotopic (exact) mass is 366 g/mol. The molecule has 1 aromatic heterocycles. The Morgan fingerprint density at radius 2 is 2.14 bits per heavy atom. The number of hydrogen-bond acceptors (Lipinski definition) is 5. The molecule has 2 aromatic rings. The zero-order valence-electron chi connectivity index (χ0n) is 11.7. The molecule has 4 nitrogen and oxygen atoms in total. The van der Waals surface area contributed by atoms with Crippen molar-refractivity contribution in [1.29, 1.82) is 0 Å². The fourth-order valence-corrected chi connectivity index (χ4v) is 3.66. The van der Waals surface area contributed by atoms with Crippen LogP contribution < -0.4 is 4.90 Å². The number of ether oxygens (including phenoxy) is 1. The second-order valence-electron chi connectivity index (χ2n) is 5.54. The maximum absolute atomic E-state index is 11.2. The summed E-state index contributed by atoms with van der Waals surface area (Å²) < 4.78 is 6.57. The van der Waals surface area contributed by atoms with Gasteiger partial charge in [0, 0.05) is 15.4 Å². The third-order valence-electron chi connectivity index (χ3n) is 3.47. The van der Waals surface area contributed by atoms with Gasteiger partial charge in [0.1, 0.15) is 0 Å². The van der Waals surface area contributed by atoms with Crippen LogP contribution in [0.25, 0.3) is 11.3 Å². The van der Waals surface area contributed by atoms with Crippen molar-refractivity contribution in [2.45, 2.75) is 25.6 Å². The molecule has 0 aliphatic carbocycles. The Morgan fingerprint density at radius 1 is 1.43 bits per heavy atom. The lowest BCUT2D eigenvalue weighted by molar-refractivity contribution is -0.115. The van der Waals surface area contributed by atoms with Crippen LogP contribution in [0.1, 0.15) is 13.8 Å². The Balaban J connectivity index is 1.94. The molecular formula is C15H15BrN2O2S. The van der Waals surface area contributed by atoms with Crippen LogP contribution in [0.4, 0.5) is 5.13 Å². The molecule has 1 aliphatic rings. The Hall–Kier alpha value is -1.24. The number of halogens is 1. The van der Waals surface area contributed by atoms with E-state index in [2.05, 4.69) is 34.8 Å². The number of rotatable bonds is 3. The van der Waals surface area contributed by atoms with Gasteiger partial charge in [-0.25, -0.2) is 4.98 Å². The number of hydrogen-bond donors (Lipinski definition) is 0. The quantitative estimate of drug-likeness (QED) is 0.776. The fraction of sp³-hybridized carbons (Fsp3) is 0.333. The van der Waals surface area contributed by atoms with Crippen molar-refractivity contribution in [3.63, 3.8) is 0 Å². The molecule has 6 heteroatoms. The maximum Gasteiger partial charge on any atom is 0.189 e. The second-order valence-corrected chi connectivity index (χ2v) is 7.29. The van der Waals surface area contributed by atoms with Crippen molar-refractivity contribution in [2.24, 2.45) is 0 Å². The molecule has 1 aliphatic heterocycles. The third kappa shape index (κ3) is 2.75. The van der Waals surface area contributed by atoms with Gasteiger partial charge in [-0.2, -0.15) is 0 Å². The summed E-state index contributed by atoms with van der Waals surface area (Å²) in [4.78, 5) is 17.8. The van der Waals surface area contributed by atoms with Gasteiger partial charge < -0.3 is 9.64 Å². The summed E-state index contributed by atoms with van der Waals surface area (Å²) in [5.74, 6) is 0. The lowest BCUT2D eigenvalue weighted by Crippen LogP contribution is -2.45. The van der Waals surface area contributed by atoms with Crippen LogP contribution in [0.15, 0.2) is 34.1 Å². The minimum absolute atomic E-state index is 0.236. The average Bonchev–Trinajstić information content (AvgIpc) is 3.03. The molecule has 0 N–H and O–H groups in total. The van der Waals surface area contributed by atoms with Crippen molar-refractivity contribution in [3.8, 4) is 11.3 Å². The molecule has 0 radical (unpaired) electrons. The highest BCUT2D eigenvalue weighted by Gasteiger charge is 2.42. The van der Waals surface area contributed by atoms with E-state index in [1.54, 1.807) is 0 Å². The topological polar surface area (TPSA) is 42.4 Å². The molecule has 1 atom stereocenters. The van der Waals surface area contributed by atoms with Gasteiger partial charge in [0.05, 0.1) is 17.8 Å². The zero-order valence-corrected chi connectivity index (χ0v) is 14.1. The normalized spacial score (nSPS) is 20.7. The van der Waals surface area contributed by atoms with Crippen molar-refractivity contribution >= 4 is 38.7 Å². The predicted molar refractivity (Wildman–Crippen MR) is 87.6 cm³/mol. The molecule has 0 spiro atoms. The van der Waals surface area contributed by atoms with E-state index in [9.17, 15) is 4.79 Å². The van der Waals surface area contributed by atoms with E-state index < -0.39 is 6.23 Å². The van der Waals surface area contributed by atoms with Crippen LogP contribution in [0.5, 0.6) is 0 Å². The number of nitrogens with zero attached hydrogens (tertiary/aromatic N) is 2. The number of aromatic nitrogens is 1. The summed E-state index contributed by atoms with van der Waals surface area (Å²) in [5, 5.41) is 2.82. The van der Waals surface area contributed by atoms with E-state index in [4.69, 9.17) is 4.74 Å². The molecule has 2 heterocycles. The first-order valence-electron chi connectivity index (χ1n) is 6.59. The molecule has 0 saturated carbocycles. The average molecular weight is 367 g/mol. The van der Waals surface area contributed by atoms with Gasteiger partial charge in [0.2, 0.25) is 0 Å². The van der Waals surface area contributed by atoms with Crippen LogP contribution in [0.3, 0.4) is 0 Å². The number of carbonyl (C=O) groups excluding carboxylic acids is 1. The fourth-order valence-electron chi connectivity index (χ4n) is 2.37. The van der Waals surface area contributed by atoms with Gasteiger partial charge in [-0.1, -0.05) is 28.1 Å². The first-order valence-corrected chi connectivity index (χ1v) is 8.26.